The minimum Gasteiger partial charge on any atom is -0.326 e. The van der Waals surface area contributed by atoms with Crippen molar-refractivity contribution >= 4 is 0 Å². The SMILES string of the molecule is NCc1ccc(C#CC#Cc2ccc(CN)cc2)cc1. The minimum atomic E-state index is 0.548. The maximum Gasteiger partial charge on any atom is 0.0255 e. The van der Waals surface area contributed by atoms with Gasteiger partial charge in [0.15, 0.2) is 0 Å². The molecule has 2 aromatic rings. The topological polar surface area (TPSA) is 52.0 Å². The molecule has 2 rings (SSSR count). The van der Waals surface area contributed by atoms with E-state index < -0.39 is 0 Å². The van der Waals surface area contributed by atoms with Gasteiger partial charge >= 0.3 is 0 Å². The standard InChI is InChI=1S/C18H16N2/c19-13-17-9-5-15(6-10-17)3-1-2-4-16-7-11-18(14-20)12-8-16/h5-12H,13-14,19-20H2. The Morgan fingerprint density at radius 3 is 1.25 bits per heavy atom. The van der Waals surface area contributed by atoms with Crippen LogP contribution in [0.5, 0.6) is 0 Å². The summed E-state index contributed by atoms with van der Waals surface area (Å²) in [5, 5.41) is 0. The van der Waals surface area contributed by atoms with Crippen molar-refractivity contribution in [3.8, 4) is 23.7 Å². The van der Waals surface area contributed by atoms with Crippen molar-refractivity contribution in [3.63, 3.8) is 0 Å². The van der Waals surface area contributed by atoms with E-state index in [1.165, 1.54) is 0 Å². The highest BCUT2D eigenvalue weighted by molar-refractivity contribution is 5.45. The first-order chi connectivity index (χ1) is 9.81. The van der Waals surface area contributed by atoms with Crippen LogP contribution in [0.2, 0.25) is 0 Å². The summed E-state index contributed by atoms with van der Waals surface area (Å²) in [6.07, 6.45) is 0. The molecule has 0 saturated carbocycles. The largest absolute Gasteiger partial charge is 0.326 e. The fourth-order valence-corrected chi connectivity index (χ4v) is 1.66. The number of hydrogen-bond donors (Lipinski definition) is 2. The van der Waals surface area contributed by atoms with E-state index in [-0.39, 0.29) is 0 Å². The van der Waals surface area contributed by atoms with Crippen LogP contribution in [0.1, 0.15) is 22.3 Å². The third-order valence-corrected chi connectivity index (χ3v) is 2.86. The van der Waals surface area contributed by atoms with Crippen LogP contribution in [-0.4, -0.2) is 0 Å². The molecular weight excluding hydrogens is 244 g/mol. The zero-order valence-electron chi connectivity index (χ0n) is 11.2. The van der Waals surface area contributed by atoms with Crippen molar-refractivity contribution < 1.29 is 0 Å². The van der Waals surface area contributed by atoms with Gasteiger partial charge in [-0.05, 0) is 47.2 Å². The summed E-state index contributed by atoms with van der Waals surface area (Å²) in [4.78, 5) is 0. The van der Waals surface area contributed by atoms with Crippen LogP contribution in [0.25, 0.3) is 0 Å². The second-order valence-electron chi connectivity index (χ2n) is 4.30. The van der Waals surface area contributed by atoms with Gasteiger partial charge in [-0.1, -0.05) is 36.1 Å². The Balaban J connectivity index is 2.04. The normalized spacial score (nSPS) is 9.10. The lowest BCUT2D eigenvalue weighted by Gasteiger charge is -1.94. The zero-order valence-corrected chi connectivity index (χ0v) is 11.2. The molecule has 2 nitrogen and oxygen atoms in total. The van der Waals surface area contributed by atoms with E-state index in [1.54, 1.807) is 0 Å². The molecule has 98 valence electrons. The van der Waals surface area contributed by atoms with Crippen LogP contribution >= 0.6 is 0 Å². The Labute approximate surface area is 119 Å². The van der Waals surface area contributed by atoms with Gasteiger partial charge in [0, 0.05) is 24.2 Å². The third kappa shape index (κ3) is 4.00. The number of hydrogen-bond acceptors (Lipinski definition) is 2. The Hall–Kier alpha value is -2.52. The molecule has 2 heteroatoms. The van der Waals surface area contributed by atoms with Crippen molar-refractivity contribution in [3.05, 3.63) is 70.8 Å². The van der Waals surface area contributed by atoms with Crippen LogP contribution < -0.4 is 11.5 Å². The summed E-state index contributed by atoms with van der Waals surface area (Å²) in [5.74, 6) is 11.7. The first-order valence-corrected chi connectivity index (χ1v) is 6.42. The van der Waals surface area contributed by atoms with E-state index in [9.17, 15) is 0 Å². The summed E-state index contributed by atoms with van der Waals surface area (Å²) in [6, 6.07) is 15.7. The van der Waals surface area contributed by atoms with Crippen LogP contribution in [0, 0.1) is 23.7 Å². The Kier molecular flexibility index (Phi) is 4.98. The summed E-state index contributed by atoms with van der Waals surface area (Å²) in [7, 11) is 0. The predicted octanol–water partition coefficient (Wildman–Crippen LogP) is 2.01. The third-order valence-electron chi connectivity index (χ3n) is 2.86. The molecule has 0 atom stereocenters. The predicted molar refractivity (Wildman–Crippen MR) is 82.4 cm³/mol. The average Bonchev–Trinajstić information content (AvgIpc) is 2.53. The Bertz CT molecular complexity index is 611. The van der Waals surface area contributed by atoms with E-state index in [1.807, 2.05) is 48.5 Å². The molecule has 0 heterocycles. The lowest BCUT2D eigenvalue weighted by atomic mass is 10.1. The molecular formula is C18H16N2. The van der Waals surface area contributed by atoms with Crippen molar-refractivity contribution in [1.82, 2.24) is 0 Å². The van der Waals surface area contributed by atoms with Crippen LogP contribution in [0.15, 0.2) is 48.5 Å². The van der Waals surface area contributed by atoms with E-state index in [4.69, 9.17) is 11.5 Å². The summed E-state index contributed by atoms with van der Waals surface area (Å²) in [6.45, 7) is 1.10. The Morgan fingerprint density at radius 1 is 0.600 bits per heavy atom. The highest BCUT2D eigenvalue weighted by Gasteiger charge is 1.89. The fraction of sp³-hybridized carbons (Fsp3) is 0.111. The molecule has 0 saturated heterocycles. The average molecular weight is 260 g/mol. The fourth-order valence-electron chi connectivity index (χ4n) is 1.66. The number of rotatable bonds is 2. The van der Waals surface area contributed by atoms with Gasteiger partial charge in [0.1, 0.15) is 0 Å². The van der Waals surface area contributed by atoms with Gasteiger partial charge in [-0.15, -0.1) is 0 Å². The molecule has 0 aliphatic rings. The summed E-state index contributed by atoms with van der Waals surface area (Å²) < 4.78 is 0. The quantitative estimate of drug-likeness (QED) is 0.812. The number of nitrogens with two attached hydrogens (primary N) is 2. The van der Waals surface area contributed by atoms with E-state index >= 15 is 0 Å². The van der Waals surface area contributed by atoms with Crippen LogP contribution in [0.4, 0.5) is 0 Å². The monoisotopic (exact) mass is 260 g/mol. The van der Waals surface area contributed by atoms with Crippen molar-refractivity contribution in [2.75, 3.05) is 0 Å². The van der Waals surface area contributed by atoms with Crippen molar-refractivity contribution in [2.45, 2.75) is 13.1 Å². The molecule has 0 unspecified atom stereocenters. The Morgan fingerprint density at radius 2 is 0.950 bits per heavy atom. The van der Waals surface area contributed by atoms with Gasteiger partial charge < -0.3 is 11.5 Å². The van der Waals surface area contributed by atoms with Gasteiger partial charge in [0.2, 0.25) is 0 Å². The second-order valence-corrected chi connectivity index (χ2v) is 4.30. The van der Waals surface area contributed by atoms with Gasteiger partial charge in [-0.2, -0.15) is 0 Å². The maximum absolute atomic E-state index is 5.54. The first-order valence-electron chi connectivity index (χ1n) is 6.42. The molecule has 0 fully saturated rings. The van der Waals surface area contributed by atoms with Gasteiger partial charge in [-0.3, -0.25) is 0 Å². The van der Waals surface area contributed by atoms with Crippen molar-refractivity contribution in [1.29, 1.82) is 0 Å². The molecule has 20 heavy (non-hydrogen) atoms. The van der Waals surface area contributed by atoms with Gasteiger partial charge in [0.25, 0.3) is 0 Å². The summed E-state index contributed by atoms with van der Waals surface area (Å²) in [5.41, 5.74) is 15.2. The molecule has 2 aromatic carbocycles. The van der Waals surface area contributed by atoms with Crippen molar-refractivity contribution in [2.24, 2.45) is 11.5 Å². The van der Waals surface area contributed by atoms with E-state index in [2.05, 4.69) is 23.7 Å². The highest BCUT2D eigenvalue weighted by atomic mass is 14.5. The lowest BCUT2D eigenvalue weighted by molar-refractivity contribution is 1.07. The maximum atomic E-state index is 5.54. The van der Waals surface area contributed by atoms with Crippen LogP contribution in [-0.2, 0) is 13.1 Å². The number of benzene rings is 2. The molecule has 4 N–H and O–H groups in total. The van der Waals surface area contributed by atoms with E-state index in [0.29, 0.717) is 13.1 Å². The molecule has 0 amide bonds. The molecule has 0 spiro atoms. The summed E-state index contributed by atoms with van der Waals surface area (Å²) >= 11 is 0. The van der Waals surface area contributed by atoms with E-state index in [0.717, 1.165) is 22.3 Å². The minimum absolute atomic E-state index is 0.548. The van der Waals surface area contributed by atoms with Gasteiger partial charge in [0.05, 0.1) is 0 Å². The second kappa shape index (κ2) is 7.16. The molecule has 0 aliphatic heterocycles. The molecule has 0 aliphatic carbocycles. The van der Waals surface area contributed by atoms with Crippen LogP contribution in [0.3, 0.4) is 0 Å². The molecule has 0 bridgehead atoms. The van der Waals surface area contributed by atoms with Gasteiger partial charge in [-0.25, -0.2) is 0 Å². The first kappa shape index (κ1) is 13.9. The lowest BCUT2D eigenvalue weighted by Crippen LogP contribution is -1.95. The molecule has 0 aromatic heterocycles. The molecule has 0 radical (unpaired) electrons. The highest BCUT2D eigenvalue weighted by Crippen LogP contribution is 2.02. The smallest absolute Gasteiger partial charge is 0.0255 e. The zero-order chi connectivity index (χ0) is 14.2.